The Morgan fingerprint density at radius 3 is 2.78 bits per heavy atom. The average molecular weight is 398 g/mol. The first-order valence-corrected chi connectivity index (χ1v) is 10.4. The normalized spacial score (nSPS) is 20.8. The maximum absolute atomic E-state index is 12.5. The lowest BCUT2D eigenvalue weighted by Crippen LogP contribution is -2.41. The molecule has 1 atom stereocenters. The highest BCUT2D eigenvalue weighted by molar-refractivity contribution is 7.99. The molecule has 27 heavy (non-hydrogen) atoms. The van der Waals surface area contributed by atoms with Crippen molar-refractivity contribution in [1.29, 1.82) is 0 Å². The summed E-state index contributed by atoms with van der Waals surface area (Å²) in [5, 5.41) is 6.99. The van der Waals surface area contributed by atoms with Crippen LogP contribution < -0.4 is 5.69 Å². The lowest BCUT2D eigenvalue weighted by atomic mass is 9.97. The van der Waals surface area contributed by atoms with Gasteiger partial charge in [0.25, 0.3) is 0 Å². The van der Waals surface area contributed by atoms with Crippen molar-refractivity contribution in [2.75, 3.05) is 32.1 Å². The first-order chi connectivity index (χ1) is 13.1. The van der Waals surface area contributed by atoms with E-state index in [1.165, 1.54) is 11.8 Å². The predicted octanol–water partition coefficient (Wildman–Crippen LogP) is 0.644. The number of rotatable bonds is 7. The summed E-state index contributed by atoms with van der Waals surface area (Å²) in [5.74, 6) is -0.0977. The van der Waals surface area contributed by atoms with Crippen LogP contribution in [0, 0.1) is 5.92 Å². The van der Waals surface area contributed by atoms with Gasteiger partial charge >= 0.3 is 11.7 Å². The first kappa shape index (κ1) is 19.9. The van der Waals surface area contributed by atoms with Crippen LogP contribution in [-0.2, 0) is 25.6 Å². The van der Waals surface area contributed by atoms with Gasteiger partial charge in [-0.25, -0.2) is 9.89 Å². The summed E-state index contributed by atoms with van der Waals surface area (Å²) in [6, 6.07) is 0. The van der Waals surface area contributed by atoms with Gasteiger partial charge in [0.15, 0.2) is 5.16 Å². The third-order valence-electron chi connectivity index (χ3n) is 4.93. The highest BCUT2D eigenvalue weighted by Gasteiger charge is 2.28. The molecule has 0 aromatic carbocycles. The Morgan fingerprint density at radius 1 is 1.33 bits per heavy atom. The quantitative estimate of drug-likeness (QED) is 0.531. The van der Waals surface area contributed by atoms with Gasteiger partial charge in [0.2, 0.25) is 5.91 Å². The number of amides is 1. The Hall–Kier alpha value is -1.81. The van der Waals surface area contributed by atoms with Crippen molar-refractivity contribution in [3.63, 3.8) is 0 Å². The largest absolute Gasteiger partial charge is 0.466 e. The summed E-state index contributed by atoms with van der Waals surface area (Å²) in [6.07, 6.45) is 3.20. The molecule has 2 saturated heterocycles. The monoisotopic (exact) mass is 398 g/mol. The lowest BCUT2D eigenvalue weighted by molar-refractivity contribution is -0.151. The molecule has 0 radical (unpaired) electrons. The molecule has 1 aromatic rings. The summed E-state index contributed by atoms with van der Waals surface area (Å²) < 4.78 is 12.2. The summed E-state index contributed by atoms with van der Waals surface area (Å²) >= 11 is 1.25. The molecule has 150 valence electrons. The molecule has 0 bridgehead atoms. The van der Waals surface area contributed by atoms with Gasteiger partial charge in [-0.1, -0.05) is 11.8 Å². The molecule has 2 aliphatic rings. The second-order valence-electron chi connectivity index (χ2n) is 6.75. The van der Waals surface area contributed by atoms with Gasteiger partial charge in [-0.2, -0.15) is 0 Å². The number of ether oxygens (including phenoxy) is 2. The van der Waals surface area contributed by atoms with E-state index >= 15 is 0 Å². The van der Waals surface area contributed by atoms with Gasteiger partial charge < -0.3 is 14.4 Å². The lowest BCUT2D eigenvalue weighted by Gasteiger charge is -2.30. The molecule has 2 aliphatic heterocycles. The number of carbonyl (C=O) groups excluding carboxylic acids is 2. The first-order valence-electron chi connectivity index (χ1n) is 9.42. The molecular weight excluding hydrogens is 372 g/mol. The summed E-state index contributed by atoms with van der Waals surface area (Å²) in [4.78, 5) is 38.0. The van der Waals surface area contributed by atoms with Crippen molar-refractivity contribution >= 4 is 23.6 Å². The fourth-order valence-corrected chi connectivity index (χ4v) is 4.27. The van der Waals surface area contributed by atoms with E-state index in [-0.39, 0.29) is 35.3 Å². The van der Waals surface area contributed by atoms with Crippen molar-refractivity contribution in [2.45, 2.75) is 50.4 Å². The van der Waals surface area contributed by atoms with Gasteiger partial charge in [-0.15, -0.1) is 5.10 Å². The Morgan fingerprint density at radius 2 is 2.11 bits per heavy atom. The van der Waals surface area contributed by atoms with Gasteiger partial charge in [0.1, 0.15) is 0 Å². The van der Waals surface area contributed by atoms with E-state index in [9.17, 15) is 14.4 Å². The number of H-pyrrole nitrogens is 1. The number of nitrogens with one attached hydrogen (secondary N) is 1. The van der Waals surface area contributed by atoms with Crippen LogP contribution in [0.25, 0.3) is 0 Å². The maximum Gasteiger partial charge on any atom is 0.344 e. The molecule has 3 rings (SSSR count). The minimum absolute atomic E-state index is 0.0126. The maximum atomic E-state index is 12.5. The number of carbonyl (C=O) groups is 2. The smallest absolute Gasteiger partial charge is 0.344 e. The van der Waals surface area contributed by atoms with Gasteiger partial charge in [-0.05, 0) is 32.6 Å². The van der Waals surface area contributed by atoms with E-state index < -0.39 is 0 Å². The molecule has 1 amide bonds. The molecule has 1 N–H and O–H groups in total. The number of piperidine rings is 1. The van der Waals surface area contributed by atoms with E-state index in [2.05, 4.69) is 10.2 Å². The average Bonchev–Trinajstić information content (AvgIpc) is 3.31. The fourth-order valence-electron chi connectivity index (χ4n) is 3.41. The van der Waals surface area contributed by atoms with Crippen molar-refractivity contribution in [2.24, 2.45) is 5.92 Å². The van der Waals surface area contributed by atoms with Crippen LogP contribution in [0.15, 0.2) is 9.95 Å². The van der Waals surface area contributed by atoms with E-state index in [1.807, 2.05) is 0 Å². The zero-order chi connectivity index (χ0) is 19.2. The van der Waals surface area contributed by atoms with Crippen LogP contribution in [0.4, 0.5) is 0 Å². The number of nitrogens with zero attached hydrogens (tertiary/aromatic N) is 3. The predicted molar refractivity (Wildman–Crippen MR) is 98.5 cm³/mol. The van der Waals surface area contributed by atoms with Gasteiger partial charge in [-0.3, -0.25) is 14.2 Å². The minimum atomic E-state index is -0.282. The number of hydrogen-bond acceptors (Lipinski definition) is 7. The Kier molecular flexibility index (Phi) is 6.95. The van der Waals surface area contributed by atoms with Gasteiger partial charge in [0, 0.05) is 19.7 Å². The molecule has 3 heterocycles. The number of thioether (sulfide) groups is 1. The van der Waals surface area contributed by atoms with E-state index in [0.717, 1.165) is 19.4 Å². The summed E-state index contributed by atoms with van der Waals surface area (Å²) in [7, 11) is 0. The molecule has 1 aromatic heterocycles. The van der Waals surface area contributed by atoms with E-state index in [1.54, 1.807) is 16.4 Å². The third kappa shape index (κ3) is 5.13. The minimum Gasteiger partial charge on any atom is -0.466 e. The molecule has 2 fully saturated rings. The van der Waals surface area contributed by atoms with Crippen molar-refractivity contribution in [1.82, 2.24) is 19.7 Å². The molecule has 0 aliphatic carbocycles. The standard InChI is InChI=1S/C17H26N4O5S/c1-2-25-15(23)12-5-7-20(8-6-12)14(22)11-27-17-19-18-16(24)21(17)10-13-4-3-9-26-13/h12-13H,2-11H2,1H3,(H,18,24)/t13-/m1/s1. The van der Waals surface area contributed by atoms with Crippen LogP contribution in [0.1, 0.15) is 32.6 Å². The van der Waals surface area contributed by atoms with Crippen molar-refractivity contribution < 1.29 is 19.1 Å². The van der Waals surface area contributed by atoms with Crippen LogP contribution in [-0.4, -0.2) is 69.7 Å². The van der Waals surface area contributed by atoms with Crippen molar-refractivity contribution in [3.8, 4) is 0 Å². The van der Waals surface area contributed by atoms with E-state index in [4.69, 9.17) is 9.47 Å². The number of aromatic amines is 1. The molecule has 0 unspecified atom stereocenters. The van der Waals surface area contributed by atoms with Crippen LogP contribution in [0.3, 0.4) is 0 Å². The third-order valence-corrected chi connectivity index (χ3v) is 5.89. The van der Waals surface area contributed by atoms with E-state index in [0.29, 0.717) is 44.2 Å². The van der Waals surface area contributed by atoms with Crippen LogP contribution in [0.2, 0.25) is 0 Å². The highest BCUT2D eigenvalue weighted by atomic mass is 32.2. The van der Waals surface area contributed by atoms with Crippen molar-refractivity contribution in [3.05, 3.63) is 10.5 Å². The molecule has 10 heteroatoms. The fraction of sp³-hybridized carbons (Fsp3) is 0.765. The number of hydrogen-bond donors (Lipinski definition) is 1. The number of aromatic nitrogens is 3. The second-order valence-corrected chi connectivity index (χ2v) is 7.70. The molecule has 0 saturated carbocycles. The second kappa shape index (κ2) is 9.41. The van der Waals surface area contributed by atoms with Crippen LogP contribution in [0.5, 0.6) is 0 Å². The Balaban J connectivity index is 1.48. The van der Waals surface area contributed by atoms with Gasteiger partial charge in [0.05, 0.1) is 30.9 Å². The Labute approximate surface area is 161 Å². The number of likely N-dealkylation sites (tertiary alicyclic amines) is 1. The van der Waals surface area contributed by atoms with Crippen LogP contribution >= 0.6 is 11.8 Å². The summed E-state index contributed by atoms with van der Waals surface area (Å²) in [6.45, 7) is 4.45. The number of esters is 1. The topological polar surface area (TPSA) is 107 Å². The molecule has 9 nitrogen and oxygen atoms in total. The molecular formula is C17H26N4O5S. The SMILES string of the molecule is CCOC(=O)C1CCN(C(=O)CSc2n[nH]c(=O)n2C[C@H]2CCCO2)CC1. The zero-order valence-corrected chi connectivity index (χ0v) is 16.3. The summed E-state index contributed by atoms with van der Waals surface area (Å²) in [5.41, 5.74) is -0.282. The highest BCUT2D eigenvalue weighted by Crippen LogP contribution is 2.22. The Bertz CT molecular complexity index is 704. The zero-order valence-electron chi connectivity index (χ0n) is 15.5. The molecule has 0 spiro atoms.